The number of hydrogen-bond acceptors (Lipinski definition) is 7. The van der Waals surface area contributed by atoms with Gasteiger partial charge < -0.3 is 19.5 Å². The van der Waals surface area contributed by atoms with Crippen molar-refractivity contribution in [3.8, 4) is 0 Å². The highest BCUT2D eigenvalue weighted by Gasteiger charge is 2.21. The van der Waals surface area contributed by atoms with Crippen molar-refractivity contribution in [3.63, 3.8) is 0 Å². The van der Waals surface area contributed by atoms with Gasteiger partial charge in [-0.1, -0.05) is 33.6 Å². The highest BCUT2D eigenvalue weighted by atomic mass is 16.5. The molecule has 0 aliphatic carbocycles. The molecule has 0 saturated carbocycles. The average molecular weight is 369 g/mol. The lowest BCUT2D eigenvalue weighted by molar-refractivity contribution is -0.146. The zero-order chi connectivity index (χ0) is 20.6. The third-order valence-corrected chi connectivity index (χ3v) is 2.56. The van der Waals surface area contributed by atoms with Gasteiger partial charge >= 0.3 is 17.9 Å². The molecule has 0 aromatic heterocycles. The van der Waals surface area contributed by atoms with Gasteiger partial charge in [0.25, 0.3) is 0 Å². The number of ether oxygens (including phenoxy) is 3. The molecule has 0 bridgehead atoms. The zero-order valence-electron chi connectivity index (χ0n) is 15.5. The van der Waals surface area contributed by atoms with Crippen LogP contribution in [0.25, 0.3) is 0 Å². The number of esters is 3. The van der Waals surface area contributed by atoms with E-state index < -0.39 is 23.3 Å². The number of carbonyl (C=O) groups is 4. The summed E-state index contributed by atoms with van der Waals surface area (Å²) in [5, 5.41) is 2.40. The van der Waals surface area contributed by atoms with E-state index in [9.17, 15) is 19.2 Å². The highest BCUT2D eigenvalue weighted by molar-refractivity contribution is 5.82. The van der Waals surface area contributed by atoms with E-state index in [1.807, 2.05) is 13.8 Å². The summed E-state index contributed by atoms with van der Waals surface area (Å²) < 4.78 is 14.2. The lowest BCUT2D eigenvalue weighted by atomic mass is 9.96. The van der Waals surface area contributed by atoms with E-state index in [0.717, 1.165) is 18.2 Å². The van der Waals surface area contributed by atoms with Crippen molar-refractivity contribution >= 4 is 23.8 Å². The summed E-state index contributed by atoms with van der Waals surface area (Å²) >= 11 is 0. The Morgan fingerprint density at radius 2 is 1.23 bits per heavy atom. The first-order chi connectivity index (χ1) is 12.1. The molecular formula is C18H27NO7. The van der Waals surface area contributed by atoms with Crippen LogP contribution in [0.2, 0.25) is 0 Å². The summed E-state index contributed by atoms with van der Waals surface area (Å²) in [5.41, 5.74) is -0.419. The molecule has 0 aromatic rings. The van der Waals surface area contributed by atoms with E-state index in [4.69, 9.17) is 9.47 Å². The second-order valence-electron chi connectivity index (χ2n) is 5.58. The molecule has 8 heteroatoms. The standard InChI is InChI=1S/C11H16O4.C7H11NO3/c1-5-9(12)14-7-11(3,4)8-15-10(13)6-2;1-3-7(10)11-5-4-6(9)8-2/h5-6H,1-2,7-8H2,3-4H3;3H,1,4-5H2,2H3,(H,8,9). The Balaban J connectivity index is 0. The predicted molar refractivity (Wildman–Crippen MR) is 95.9 cm³/mol. The SMILES string of the molecule is C=CC(=O)OCC(C)(C)COC(=O)C=C.C=CC(=O)OCCC(=O)NC. The van der Waals surface area contributed by atoms with E-state index in [1.54, 1.807) is 0 Å². The summed E-state index contributed by atoms with van der Waals surface area (Å²) in [7, 11) is 1.53. The van der Waals surface area contributed by atoms with Crippen LogP contribution in [0.5, 0.6) is 0 Å². The molecule has 0 aromatic carbocycles. The summed E-state index contributed by atoms with van der Waals surface area (Å²) in [6.07, 6.45) is 3.43. The average Bonchev–Trinajstić information content (AvgIpc) is 2.64. The lowest BCUT2D eigenvalue weighted by Crippen LogP contribution is -2.27. The fourth-order valence-electron chi connectivity index (χ4n) is 1.12. The Morgan fingerprint density at radius 3 is 1.58 bits per heavy atom. The molecule has 1 N–H and O–H groups in total. The lowest BCUT2D eigenvalue weighted by Gasteiger charge is -2.22. The van der Waals surface area contributed by atoms with Crippen molar-refractivity contribution in [1.29, 1.82) is 0 Å². The third kappa shape index (κ3) is 16.0. The van der Waals surface area contributed by atoms with Gasteiger partial charge in [0.2, 0.25) is 5.91 Å². The summed E-state index contributed by atoms with van der Waals surface area (Å²) in [5.74, 6) is -1.63. The van der Waals surface area contributed by atoms with Crippen LogP contribution in [0.15, 0.2) is 38.0 Å². The van der Waals surface area contributed by atoms with Crippen LogP contribution in [-0.2, 0) is 33.4 Å². The molecule has 0 rings (SSSR count). The smallest absolute Gasteiger partial charge is 0.330 e. The van der Waals surface area contributed by atoms with Gasteiger partial charge in [-0.25, -0.2) is 14.4 Å². The zero-order valence-corrected chi connectivity index (χ0v) is 15.5. The molecule has 0 heterocycles. The summed E-state index contributed by atoms with van der Waals surface area (Å²) in [4.78, 5) is 42.5. The molecule has 0 atom stereocenters. The number of nitrogens with one attached hydrogen (secondary N) is 1. The van der Waals surface area contributed by atoms with E-state index in [1.165, 1.54) is 7.05 Å². The van der Waals surface area contributed by atoms with Crippen LogP contribution in [0.1, 0.15) is 20.3 Å². The maximum absolute atomic E-state index is 10.8. The number of carbonyl (C=O) groups excluding carboxylic acids is 4. The second-order valence-corrected chi connectivity index (χ2v) is 5.58. The van der Waals surface area contributed by atoms with E-state index >= 15 is 0 Å². The number of rotatable bonds is 10. The van der Waals surface area contributed by atoms with Crippen LogP contribution in [0.3, 0.4) is 0 Å². The van der Waals surface area contributed by atoms with Crippen molar-refractivity contribution in [3.05, 3.63) is 38.0 Å². The quantitative estimate of drug-likeness (QED) is 0.351. The second kappa shape index (κ2) is 14.4. The monoisotopic (exact) mass is 369 g/mol. The van der Waals surface area contributed by atoms with Crippen LogP contribution in [0, 0.1) is 5.41 Å². The highest BCUT2D eigenvalue weighted by Crippen LogP contribution is 2.16. The summed E-state index contributed by atoms with van der Waals surface area (Å²) in [6, 6.07) is 0. The maximum atomic E-state index is 10.8. The molecule has 0 unspecified atom stereocenters. The minimum absolute atomic E-state index is 0.102. The molecular weight excluding hydrogens is 342 g/mol. The molecule has 0 aliphatic heterocycles. The van der Waals surface area contributed by atoms with Gasteiger partial charge in [0, 0.05) is 30.7 Å². The molecule has 26 heavy (non-hydrogen) atoms. The van der Waals surface area contributed by atoms with Crippen molar-refractivity contribution in [1.82, 2.24) is 5.32 Å². The van der Waals surface area contributed by atoms with Gasteiger partial charge in [-0.15, -0.1) is 0 Å². The molecule has 0 spiro atoms. The first-order valence-electron chi connectivity index (χ1n) is 7.70. The molecule has 0 saturated heterocycles. The summed E-state index contributed by atoms with van der Waals surface area (Å²) in [6.45, 7) is 13.8. The Morgan fingerprint density at radius 1 is 0.846 bits per heavy atom. The third-order valence-electron chi connectivity index (χ3n) is 2.56. The van der Waals surface area contributed by atoms with Crippen molar-refractivity contribution in [2.45, 2.75) is 20.3 Å². The fourth-order valence-corrected chi connectivity index (χ4v) is 1.12. The molecule has 0 radical (unpaired) electrons. The Kier molecular flexibility index (Phi) is 14.1. The van der Waals surface area contributed by atoms with Gasteiger partial charge in [-0.05, 0) is 0 Å². The molecule has 0 fully saturated rings. The van der Waals surface area contributed by atoms with Crippen LogP contribution < -0.4 is 5.32 Å². The number of hydrogen-bond donors (Lipinski definition) is 1. The van der Waals surface area contributed by atoms with Crippen molar-refractivity contribution in [2.24, 2.45) is 5.41 Å². The fraction of sp³-hybridized carbons (Fsp3) is 0.444. The van der Waals surface area contributed by atoms with Gasteiger partial charge in [0.1, 0.15) is 6.61 Å². The topological polar surface area (TPSA) is 108 Å². The maximum Gasteiger partial charge on any atom is 0.330 e. The molecule has 1 amide bonds. The molecule has 146 valence electrons. The molecule has 0 aliphatic rings. The predicted octanol–water partition coefficient (Wildman–Crippen LogP) is 1.32. The van der Waals surface area contributed by atoms with Crippen LogP contribution in [0.4, 0.5) is 0 Å². The van der Waals surface area contributed by atoms with Crippen molar-refractivity contribution < 1.29 is 33.4 Å². The first-order valence-corrected chi connectivity index (χ1v) is 7.70. The van der Waals surface area contributed by atoms with Gasteiger partial charge in [-0.2, -0.15) is 0 Å². The normalized spacial score (nSPS) is 9.50. The Labute approximate surface area is 153 Å². The van der Waals surface area contributed by atoms with E-state index in [0.29, 0.717) is 0 Å². The van der Waals surface area contributed by atoms with E-state index in [2.05, 4.69) is 29.8 Å². The van der Waals surface area contributed by atoms with Crippen molar-refractivity contribution in [2.75, 3.05) is 26.9 Å². The Hall–Kier alpha value is -2.90. The van der Waals surface area contributed by atoms with Crippen LogP contribution >= 0.6 is 0 Å². The van der Waals surface area contributed by atoms with Crippen LogP contribution in [-0.4, -0.2) is 50.7 Å². The largest absolute Gasteiger partial charge is 0.462 e. The minimum Gasteiger partial charge on any atom is -0.462 e. The van der Waals surface area contributed by atoms with Gasteiger partial charge in [0.05, 0.1) is 19.6 Å². The Bertz CT molecular complexity index is 498. The van der Waals surface area contributed by atoms with Gasteiger partial charge in [-0.3, -0.25) is 4.79 Å². The van der Waals surface area contributed by atoms with Gasteiger partial charge in [0.15, 0.2) is 0 Å². The minimum atomic E-state index is -0.506. The number of amides is 1. The van der Waals surface area contributed by atoms with E-state index in [-0.39, 0.29) is 32.1 Å². The first kappa shape index (κ1) is 25.3. The molecule has 8 nitrogen and oxygen atoms in total.